The Hall–Kier alpha value is -1.26. The van der Waals surface area contributed by atoms with Gasteiger partial charge >= 0.3 is 0 Å². The topological polar surface area (TPSA) is 58.7 Å². The Morgan fingerprint density at radius 3 is 3.05 bits per heavy atom. The van der Waals surface area contributed by atoms with Crippen molar-refractivity contribution in [3.8, 4) is 5.75 Å². The average molecular weight is 264 g/mol. The van der Waals surface area contributed by atoms with E-state index in [0.717, 1.165) is 37.5 Å². The van der Waals surface area contributed by atoms with Gasteiger partial charge in [-0.05, 0) is 37.8 Å². The van der Waals surface area contributed by atoms with Gasteiger partial charge in [0.1, 0.15) is 5.75 Å². The molecule has 4 nitrogen and oxygen atoms in total. The van der Waals surface area contributed by atoms with Crippen LogP contribution in [0.5, 0.6) is 5.75 Å². The molecule has 0 bridgehead atoms. The predicted molar refractivity (Wildman–Crippen MR) is 77.1 cm³/mol. The maximum absolute atomic E-state index is 9.05. The van der Waals surface area contributed by atoms with Crippen LogP contribution in [0.4, 0.5) is 5.69 Å². The molecule has 0 radical (unpaired) electrons. The van der Waals surface area contributed by atoms with Crippen molar-refractivity contribution in [3.05, 3.63) is 23.8 Å². The smallest absolute Gasteiger partial charge is 0.125 e. The Morgan fingerprint density at radius 1 is 1.47 bits per heavy atom. The number of methoxy groups -OCH3 is 1. The third-order valence-corrected chi connectivity index (χ3v) is 3.85. The van der Waals surface area contributed by atoms with E-state index >= 15 is 0 Å². The molecule has 4 heteroatoms. The van der Waals surface area contributed by atoms with Crippen LogP contribution in [0.15, 0.2) is 18.2 Å². The van der Waals surface area contributed by atoms with Gasteiger partial charge in [0.25, 0.3) is 0 Å². The molecule has 0 amide bonds. The molecule has 1 saturated heterocycles. The Bertz CT molecular complexity index is 407. The maximum Gasteiger partial charge on any atom is 0.125 e. The van der Waals surface area contributed by atoms with Crippen LogP contribution >= 0.6 is 0 Å². The molecule has 0 saturated carbocycles. The predicted octanol–water partition coefficient (Wildman–Crippen LogP) is 1.87. The Balaban J connectivity index is 2.00. The zero-order valence-electron chi connectivity index (χ0n) is 11.6. The summed E-state index contributed by atoms with van der Waals surface area (Å²) < 4.78 is 5.40. The molecular weight excluding hydrogens is 240 g/mol. The van der Waals surface area contributed by atoms with Crippen molar-refractivity contribution < 1.29 is 9.84 Å². The van der Waals surface area contributed by atoms with Gasteiger partial charge in [0.2, 0.25) is 0 Å². The summed E-state index contributed by atoms with van der Waals surface area (Å²) in [5, 5.41) is 9.05. The van der Waals surface area contributed by atoms with Crippen molar-refractivity contribution in [1.29, 1.82) is 0 Å². The number of hydrogen-bond donors (Lipinski definition) is 2. The van der Waals surface area contributed by atoms with E-state index in [9.17, 15) is 0 Å². The van der Waals surface area contributed by atoms with E-state index in [1.54, 1.807) is 7.11 Å². The first kappa shape index (κ1) is 14.2. The van der Waals surface area contributed by atoms with E-state index in [0.29, 0.717) is 12.5 Å². The molecule has 1 aromatic carbocycles. The van der Waals surface area contributed by atoms with Crippen molar-refractivity contribution in [3.63, 3.8) is 0 Å². The summed E-state index contributed by atoms with van der Waals surface area (Å²) in [4.78, 5) is 2.44. The van der Waals surface area contributed by atoms with Gasteiger partial charge in [-0.2, -0.15) is 0 Å². The van der Waals surface area contributed by atoms with E-state index in [-0.39, 0.29) is 0 Å². The summed E-state index contributed by atoms with van der Waals surface area (Å²) in [6.07, 6.45) is 3.35. The van der Waals surface area contributed by atoms with Gasteiger partial charge in [0.05, 0.1) is 7.11 Å². The average Bonchev–Trinajstić information content (AvgIpc) is 2.41. The highest BCUT2D eigenvalue weighted by Gasteiger charge is 2.20. The highest BCUT2D eigenvalue weighted by Crippen LogP contribution is 2.26. The molecule has 1 unspecified atom stereocenters. The van der Waals surface area contributed by atoms with Crippen molar-refractivity contribution in [2.24, 2.45) is 5.92 Å². The normalized spacial score (nSPS) is 20.4. The molecule has 2 rings (SSSR count). The van der Waals surface area contributed by atoms with Crippen molar-refractivity contribution in [1.82, 2.24) is 4.90 Å². The second-order valence-corrected chi connectivity index (χ2v) is 5.33. The molecule has 0 aliphatic carbocycles. The Kier molecular flexibility index (Phi) is 5.05. The number of hydrogen-bond acceptors (Lipinski definition) is 4. The number of anilines is 1. The second kappa shape index (κ2) is 6.78. The molecule has 0 spiro atoms. The fourth-order valence-electron chi connectivity index (χ4n) is 2.85. The number of likely N-dealkylation sites (tertiary alicyclic amines) is 1. The minimum absolute atomic E-state index is 0.295. The lowest BCUT2D eigenvalue weighted by Crippen LogP contribution is -2.35. The summed E-state index contributed by atoms with van der Waals surface area (Å²) in [5.41, 5.74) is 7.69. The number of rotatable bonds is 5. The van der Waals surface area contributed by atoms with Crippen LogP contribution in [0.25, 0.3) is 0 Å². The number of aliphatic hydroxyl groups excluding tert-OH is 1. The summed E-state index contributed by atoms with van der Waals surface area (Å²) in [6, 6.07) is 5.85. The van der Waals surface area contributed by atoms with Crippen LogP contribution < -0.4 is 10.5 Å². The Morgan fingerprint density at radius 2 is 2.32 bits per heavy atom. The quantitative estimate of drug-likeness (QED) is 0.797. The first-order valence-electron chi connectivity index (χ1n) is 6.98. The third-order valence-electron chi connectivity index (χ3n) is 3.85. The van der Waals surface area contributed by atoms with Gasteiger partial charge in [0.15, 0.2) is 0 Å². The molecule has 1 aromatic rings. The number of ether oxygens (including phenoxy) is 1. The fourth-order valence-corrected chi connectivity index (χ4v) is 2.85. The molecule has 1 aliphatic heterocycles. The largest absolute Gasteiger partial charge is 0.496 e. The van der Waals surface area contributed by atoms with E-state index in [2.05, 4.69) is 4.90 Å². The van der Waals surface area contributed by atoms with Crippen LogP contribution in [0.3, 0.4) is 0 Å². The number of aliphatic hydroxyl groups is 1. The number of piperidine rings is 1. The lowest BCUT2D eigenvalue weighted by Gasteiger charge is -2.32. The number of nitrogen functional groups attached to an aromatic ring is 1. The standard InChI is InChI=1S/C15H24N2O2/c1-19-15-9-14(16)5-4-13(15)11-17-7-2-3-12(10-17)6-8-18/h4-5,9,12,18H,2-3,6-8,10-11,16H2,1H3. The molecular formula is C15H24N2O2. The molecule has 0 aromatic heterocycles. The monoisotopic (exact) mass is 264 g/mol. The third kappa shape index (κ3) is 3.85. The van der Waals surface area contributed by atoms with Crippen LogP contribution in [0.2, 0.25) is 0 Å². The molecule has 19 heavy (non-hydrogen) atoms. The fraction of sp³-hybridized carbons (Fsp3) is 0.600. The molecule has 1 atom stereocenters. The first-order valence-corrected chi connectivity index (χ1v) is 6.98. The minimum atomic E-state index is 0.295. The lowest BCUT2D eigenvalue weighted by atomic mass is 9.95. The van der Waals surface area contributed by atoms with Crippen molar-refractivity contribution >= 4 is 5.69 Å². The van der Waals surface area contributed by atoms with Gasteiger partial charge in [-0.25, -0.2) is 0 Å². The molecule has 1 aliphatic rings. The van der Waals surface area contributed by atoms with Crippen LogP contribution in [0, 0.1) is 5.92 Å². The first-order chi connectivity index (χ1) is 9.22. The zero-order valence-corrected chi connectivity index (χ0v) is 11.6. The number of nitrogens with zero attached hydrogens (tertiary/aromatic N) is 1. The summed E-state index contributed by atoms with van der Waals surface area (Å²) in [5.74, 6) is 1.49. The minimum Gasteiger partial charge on any atom is -0.496 e. The molecule has 1 fully saturated rings. The number of benzene rings is 1. The van der Waals surface area contributed by atoms with Gasteiger partial charge in [-0.3, -0.25) is 4.90 Å². The van der Waals surface area contributed by atoms with Crippen LogP contribution in [0.1, 0.15) is 24.8 Å². The van der Waals surface area contributed by atoms with Crippen LogP contribution in [-0.2, 0) is 6.54 Å². The van der Waals surface area contributed by atoms with Gasteiger partial charge in [-0.15, -0.1) is 0 Å². The van der Waals surface area contributed by atoms with E-state index in [1.807, 2.05) is 18.2 Å². The lowest BCUT2D eigenvalue weighted by molar-refractivity contribution is 0.141. The van der Waals surface area contributed by atoms with Crippen molar-refractivity contribution in [2.75, 3.05) is 32.5 Å². The van der Waals surface area contributed by atoms with Gasteiger partial charge in [-0.1, -0.05) is 6.07 Å². The highest BCUT2D eigenvalue weighted by molar-refractivity contribution is 5.48. The highest BCUT2D eigenvalue weighted by atomic mass is 16.5. The summed E-state index contributed by atoms with van der Waals surface area (Å²) >= 11 is 0. The van der Waals surface area contributed by atoms with E-state index < -0.39 is 0 Å². The second-order valence-electron chi connectivity index (χ2n) is 5.33. The van der Waals surface area contributed by atoms with Gasteiger partial charge < -0.3 is 15.6 Å². The summed E-state index contributed by atoms with van der Waals surface area (Å²) in [7, 11) is 1.68. The van der Waals surface area contributed by atoms with Gasteiger partial charge in [0, 0.05) is 37.0 Å². The number of nitrogens with two attached hydrogens (primary N) is 1. The maximum atomic E-state index is 9.05. The molecule has 1 heterocycles. The zero-order chi connectivity index (χ0) is 13.7. The van der Waals surface area contributed by atoms with E-state index in [1.165, 1.54) is 18.4 Å². The SMILES string of the molecule is COc1cc(N)ccc1CN1CCCC(CCO)C1. The van der Waals surface area contributed by atoms with Crippen molar-refractivity contribution in [2.45, 2.75) is 25.8 Å². The molecule has 106 valence electrons. The summed E-state index contributed by atoms with van der Waals surface area (Å²) in [6.45, 7) is 3.37. The molecule has 3 N–H and O–H groups in total. The van der Waals surface area contributed by atoms with E-state index in [4.69, 9.17) is 15.6 Å². The van der Waals surface area contributed by atoms with Crippen LogP contribution in [-0.4, -0.2) is 36.8 Å². The Labute approximate surface area is 115 Å².